The van der Waals surface area contributed by atoms with Crippen LogP contribution in [-0.2, 0) is 27.9 Å². The van der Waals surface area contributed by atoms with Crippen molar-refractivity contribution >= 4 is 13.8 Å². The Morgan fingerprint density at radius 3 is 1.57 bits per heavy atom. The smallest absolute Gasteiger partial charge is 0.457 e. The van der Waals surface area contributed by atoms with Gasteiger partial charge in [0, 0.05) is 19.6 Å². The topological polar surface area (TPSA) is 117 Å². The van der Waals surface area contributed by atoms with Gasteiger partial charge in [-0.3, -0.25) is 13.8 Å². The van der Waals surface area contributed by atoms with Gasteiger partial charge in [-0.1, -0.05) is 166 Å². The predicted molar refractivity (Wildman–Crippen MR) is 224 cm³/mol. The van der Waals surface area contributed by atoms with E-state index in [0.717, 1.165) is 57.8 Å². The first-order valence-corrected chi connectivity index (χ1v) is 23.5. The Kier molecular flexibility index (Phi) is 40.9. The van der Waals surface area contributed by atoms with Crippen molar-refractivity contribution in [3.63, 3.8) is 0 Å². The molecule has 0 saturated heterocycles. The first-order chi connectivity index (χ1) is 25.9. The van der Waals surface area contributed by atoms with Gasteiger partial charge in [0.15, 0.2) is 0 Å². The number of carbonyl (C=O) groups is 1. The first kappa shape index (κ1) is 51.7. The summed E-state index contributed by atoms with van der Waals surface area (Å²) < 4.78 is 33.3. The summed E-state index contributed by atoms with van der Waals surface area (Å²) >= 11 is 0. The minimum atomic E-state index is -4.27. The normalized spacial score (nSPS) is 13.8. The maximum atomic E-state index is 12.5. The fourth-order valence-corrected chi connectivity index (χ4v) is 6.79. The van der Waals surface area contributed by atoms with E-state index in [1.54, 1.807) is 0 Å². The van der Waals surface area contributed by atoms with Crippen LogP contribution in [0.1, 0.15) is 200 Å². The Labute approximate surface area is 327 Å². The second-order valence-corrected chi connectivity index (χ2v) is 16.0. The van der Waals surface area contributed by atoms with Crippen LogP contribution in [0.5, 0.6) is 0 Å². The number of esters is 1. The van der Waals surface area contributed by atoms with Crippen LogP contribution in [-0.4, -0.2) is 49.9 Å². The molecule has 0 heterocycles. The lowest BCUT2D eigenvalue weighted by molar-refractivity contribution is -0.154. The summed E-state index contributed by atoms with van der Waals surface area (Å²) in [4.78, 5) is 22.4. The van der Waals surface area contributed by atoms with Gasteiger partial charge in [0.2, 0.25) is 0 Å². The van der Waals surface area contributed by atoms with Crippen molar-refractivity contribution in [1.82, 2.24) is 0 Å². The molecule has 0 aliphatic carbocycles. The second-order valence-electron chi connectivity index (χ2n) is 14.6. The van der Waals surface area contributed by atoms with Gasteiger partial charge >= 0.3 is 13.8 Å². The van der Waals surface area contributed by atoms with Gasteiger partial charge in [-0.2, -0.15) is 0 Å². The molecule has 0 aliphatic rings. The first-order valence-electron chi connectivity index (χ1n) is 22.0. The summed E-state index contributed by atoms with van der Waals surface area (Å²) in [5.74, 6) is -0.342. The molecule has 8 nitrogen and oxygen atoms in total. The number of ether oxygens (including phenoxy) is 2. The van der Waals surface area contributed by atoms with Crippen molar-refractivity contribution in [3.8, 4) is 0 Å². The third-order valence-corrected chi connectivity index (χ3v) is 10.2. The summed E-state index contributed by atoms with van der Waals surface area (Å²) in [5.41, 5.74) is 5.36. The Morgan fingerprint density at radius 2 is 1.04 bits per heavy atom. The fraction of sp³-hybridized carbons (Fsp3) is 0.841. The number of allylic oxidation sites excluding steroid dienone is 6. The van der Waals surface area contributed by atoms with Gasteiger partial charge < -0.3 is 20.1 Å². The highest BCUT2D eigenvalue weighted by Gasteiger charge is 2.25. The lowest BCUT2D eigenvalue weighted by atomic mass is 10.0. The highest BCUT2D eigenvalue weighted by Crippen LogP contribution is 2.43. The lowest BCUT2D eigenvalue weighted by Gasteiger charge is -2.20. The molecule has 0 spiro atoms. The van der Waals surface area contributed by atoms with Crippen molar-refractivity contribution in [3.05, 3.63) is 36.5 Å². The van der Waals surface area contributed by atoms with E-state index in [2.05, 4.69) is 50.3 Å². The molecule has 0 aromatic heterocycles. The molecular weight excluding hydrogens is 685 g/mol. The van der Waals surface area contributed by atoms with E-state index in [4.69, 9.17) is 24.3 Å². The van der Waals surface area contributed by atoms with Gasteiger partial charge in [-0.25, -0.2) is 4.57 Å². The molecule has 0 aliphatic heterocycles. The van der Waals surface area contributed by atoms with Crippen molar-refractivity contribution in [2.75, 3.05) is 33.0 Å². The maximum absolute atomic E-state index is 12.5. The molecule has 3 N–H and O–H groups in total. The Hall–Kier alpha value is -1.28. The molecule has 0 bridgehead atoms. The number of unbranched alkanes of at least 4 members (excludes halogenated alkanes) is 23. The Balaban J connectivity index is 3.89. The summed E-state index contributed by atoms with van der Waals surface area (Å²) in [6.45, 7) is 4.84. The van der Waals surface area contributed by atoms with Gasteiger partial charge in [0.05, 0.1) is 19.8 Å². The lowest BCUT2D eigenvalue weighted by Crippen LogP contribution is -2.28. The Bertz CT molecular complexity index is 910. The zero-order chi connectivity index (χ0) is 38.8. The molecule has 0 saturated carbocycles. The van der Waals surface area contributed by atoms with Crippen LogP contribution in [0, 0.1) is 0 Å². The summed E-state index contributed by atoms with van der Waals surface area (Å²) in [5, 5.41) is 0. The SMILES string of the molecule is CCC/C=C\CCCCCCCC(=O)OC(COCCCCCCCCCCCCCC/C=C\C/C=C\CCCCCCC)COP(=O)(O)OCCN. The van der Waals surface area contributed by atoms with Gasteiger partial charge in [0.1, 0.15) is 6.10 Å². The average Bonchev–Trinajstić information content (AvgIpc) is 3.15. The number of carbonyl (C=O) groups excluding carboxylic acids is 1. The molecule has 53 heavy (non-hydrogen) atoms. The summed E-state index contributed by atoms with van der Waals surface area (Å²) in [6.07, 6.45) is 47.5. The highest BCUT2D eigenvalue weighted by molar-refractivity contribution is 7.47. The molecular formula is C44H84NO7P. The molecule has 0 fully saturated rings. The van der Waals surface area contributed by atoms with E-state index < -0.39 is 13.9 Å². The molecule has 9 heteroatoms. The summed E-state index contributed by atoms with van der Waals surface area (Å²) in [6, 6.07) is 0. The number of rotatable bonds is 42. The number of nitrogens with two attached hydrogens (primary N) is 1. The number of hydrogen-bond acceptors (Lipinski definition) is 7. The zero-order valence-corrected chi connectivity index (χ0v) is 35.4. The monoisotopic (exact) mass is 770 g/mol. The van der Waals surface area contributed by atoms with Crippen LogP contribution in [0.2, 0.25) is 0 Å². The average molecular weight is 770 g/mol. The standard InChI is InChI=1S/C44H84NO7P/c1-3-5-7-9-11-13-15-16-17-18-19-20-21-22-23-24-25-26-27-28-30-32-34-36-39-49-41-43(42-51-53(47,48)50-40-38-45)52-44(46)37-35-33-31-29-14-12-10-8-6-4-2/h8,10,15-16,18-19,43H,3-7,9,11-14,17,20-42,45H2,1-2H3,(H,47,48)/b10-8-,16-15-,19-18-. The van der Waals surface area contributed by atoms with Crippen molar-refractivity contribution < 1.29 is 32.8 Å². The maximum Gasteiger partial charge on any atom is 0.472 e. The number of phosphoric ester groups is 1. The quantitative estimate of drug-likeness (QED) is 0.0273. The minimum Gasteiger partial charge on any atom is -0.457 e. The predicted octanol–water partition coefficient (Wildman–Crippen LogP) is 13.0. The van der Waals surface area contributed by atoms with Gasteiger partial charge in [0.25, 0.3) is 0 Å². The van der Waals surface area contributed by atoms with Crippen molar-refractivity contribution in [1.29, 1.82) is 0 Å². The van der Waals surface area contributed by atoms with Crippen molar-refractivity contribution in [2.45, 2.75) is 206 Å². The van der Waals surface area contributed by atoms with Crippen LogP contribution in [0.3, 0.4) is 0 Å². The van der Waals surface area contributed by atoms with E-state index >= 15 is 0 Å². The van der Waals surface area contributed by atoms with Crippen LogP contribution in [0.25, 0.3) is 0 Å². The zero-order valence-electron chi connectivity index (χ0n) is 34.5. The fourth-order valence-electron chi connectivity index (χ4n) is 6.03. The third kappa shape index (κ3) is 41.7. The van der Waals surface area contributed by atoms with Crippen LogP contribution in [0.15, 0.2) is 36.5 Å². The molecule has 0 aromatic rings. The minimum absolute atomic E-state index is 0.0972. The second kappa shape index (κ2) is 41.9. The molecule has 312 valence electrons. The van der Waals surface area contributed by atoms with Crippen LogP contribution < -0.4 is 5.73 Å². The van der Waals surface area contributed by atoms with Crippen LogP contribution >= 0.6 is 7.82 Å². The molecule has 2 atom stereocenters. The third-order valence-electron chi connectivity index (χ3n) is 9.26. The van der Waals surface area contributed by atoms with Gasteiger partial charge in [-0.05, 0) is 64.2 Å². The molecule has 2 unspecified atom stereocenters. The van der Waals surface area contributed by atoms with E-state index in [-0.39, 0.29) is 32.3 Å². The molecule has 0 amide bonds. The van der Waals surface area contributed by atoms with Crippen LogP contribution in [0.4, 0.5) is 0 Å². The van der Waals surface area contributed by atoms with E-state index in [1.165, 1.54) is 122 Å². The van der Waals surface area contributed by atoms with Crippen molar-refractivity contribution in [2.24, 2.45) is 5.73 Å². The largest absolute Gasteiger partial charge is 0.472 e. The van der Waals surface area contributed by atoms with Gasteiger partial charge in [-0.15, -0.1) is 0 Å². The van der Waals surface area contributed by atoms with E-state index in [9.17, 15) is 14.3 Å². The number of hydrogen-bond donors (Lipinski definition) is 2. The summed E-state index contributed by atoms with van der Waals surface area (Å²) in [7, 11) is -4.27. The van der Waals surface area contributed by atoms with E-state index in [0.29, 0.717) is 13.0 Å². The number of phosphoric acid groups is 1. The Morgan fingerprint density at radius 1 is 0.566 bits per heavy atom. The molecule has 0 radical (unpaired) electrons. The highest BCUT2D eigenvalue weighted by atomic mass is 31.2. The molecule has 0 rings (SSSR count). The van der Waals surface area contributed by atoms with E-state index in [1.807, 2.05) is 0 Å². The molecule has 0 aromatic carbocycles.